The van der Waals surface area contributed by atoms with Crippen molar-refractivity contribution in [2.75, 3.05) is 13.2 Å². The average Bonchev–Trinajstić information content (AvgIpc) is 2.17. The van der Waals surface area contributed by atoms with Crippen molar-refractivity contribution in [1.29, 1.82) is 0 Å². The zero-order valence-electron chi connectivity index (χ0n) is 7.88. The molecule has 2 nitrogen and oxygen atoms in total. The summed E-state index contributed by atoms with van der Waals surface area (Å²) in [6.07, 6.45) is 5.86. The number of nitrogens with one attached hydrogen (secondary N) is 1. The summed E-state index contributed by atoms with van der Waals surface area (Å²) in [5, 5.41) is 3.54. The molecule has 2 aliphatic rings. The first-order valence-electron chi connectivity index (χ1n) is 5.25. The van der Waals surface area contributed by atoms with E-state index in [1.807, 2.05) is 0 Å². The summed E-state index contributed by atoms with van der Waals surface area (Å²) in [7, 11) is 0. The molecule has 1 N–H and O–H groups in total. The SMILES string of the molecule is CCC1CC[C@H]2NCCO[C@H]2C1. The van der Waals surface area contributed by atoms with Gasteiger partial charge < -0.3 is 10.1 Å². The second-order valence-electron chi connectivity index (χ2n) is 4.06. The van der Waals surface area contributed by atoms with Gasteiger partial charge in [0.15, 0.2) is 0 Å². The van der Waals surface area contributed by atoms with Gasteiger partial charge in [-0.05, 0) is 25.2 Å². The lowest BCUT2D eigenvalue weighted by Crippen LogP contribution is -2.51. The van der Waals surface area contributed by atoms with E-state index in [9.17, 15) is 0 Å². The van der Waals surface area contributed by atoms with Gasteiger partial charge in [0.2, 0.25) is 0 Å². The van der Waals surface area contributed by atoms with Crippen LogP contribution in [0, 0.1) is 5.92 Å². The minimum atomic E-state index is 0.525. The van der Waals surface area contributed by atoms with E-state index in [1.54, 1.807) is 0 Å². The molecule has 1 saturated carbocycles. The lowest BCUT2D eigenvalue weighted by molar-refractivity contribution is -0.0375. The van der Waals surface area contributed by atoms with E-state index in [2.05, 4.69) is 12.2 Å². The maximum atomic E-state index is 5.75. The van der Waals surface area contributed by atoms with Crippen LogP contribution in [0.2, 0.25) is 0 Å². The predicted octanol–water partition coefficient (Wildman–Crippen LogP) is 1.55. The van der Waals surface area contributed by atoms with E-state index in [0.29, 0.717) is 12.1 Å². The number of ether oxygens (including phenoxy) is 1. The third-order valence-corrected chi connectivity index (χ3v) is 3.32. The van der Waals surface area contributed by atoms with E-state index in [-0.39, 0.29) is 0 Å². The first-order chi connectivity index (χ1) is 5.90. The van der Waals surface area contributed by atoms with Crippen molar-refractivity contribution < 1.29 is 4.74 Å². The van der Waals surface area contributed by atoms with Crippen molar-refractivity contribution in [2.45, 2.75) is 44.8 Å². The summed E-state index contributed by atoms with van der Waals surface area (Å²) in [5.74, 6) is 0.922. The molecule has 1 aliphatic carbocycles. The largest absolute Gasteiger partial charge is 0.375 e. The maximum Gasteiger partial charge on any atom is 0.0731 e. The smallest absolute Gasteiger partial charge is 0.0731 e. The van der Waals surface area contributed by atoms with Crippen LogP contribution in [0.5, 0.6) is 0 Å². The molecule has 0 aromatic carbocycles. The Labute approximate surface area is 74.7 Å². The normalized spacial score (nSPS) is 42.2. The first-order valence-corrected chi connectivity index (χ1v) is 5.25. The van der Waals surface area contributed by atoms with Crippen molar-refractivity contribution >= 4 is 0 Å². The molecule has 12 heavy (non-hydrogen) atoms. The number of fused-ring (bicyclic) bond motifs is 1. The van der Waals surface area contributed by atoms with Gasteiger partial charge in [0.25, 0.3) is 0 Å². The van der Waals surface area contributed by atoms with Gasteiger partial charge in [0.05, 0.1) is 12.7 Å². The Hall–Kier alpha value is -0.0800. The molecule has 0 aromatic rings. The fraction of sp³-hybridized carbons (Fsp3) is 1.00. The van der Waals surface area contributed by atoms with Crippen LogP contribution in [0.1, 0.15) is 32.6 Å². The van der Waals surface area contributed by atoms with Crippen LogP contribution in [-0.2, 0) is 4.74 Å². The highest BCUT2D eigenvalue weighted by atomic mass is 16.5. The van der Waals surface area contributed by atoms with E-state index < -0.39 is 0 Å². The summed E-state index contributed by atoms with van der Waals surface area (Å²) >= 11 is 0. The van der Waals surface area contributed by atoms with Crippen molar-refractivity contribution in [3.63, 3.8) is 0 Å². The third kappa shape index (κ3) is 1.64. The van der Waals surface area contributed by atoms with Crippen LogP contribution in [0.3, 0.4) is 0 Å². The van der Waals surface area contributed by atoms with Gasteiger partial charge in [-0.1, -0.05) is 13.3 Å². The Kier molecular flexibility index (Phi) is 2.66. The second kappa shape index (κ2) is 3.75. The molecule has 1 unspecified atom stereocenters. The van der Waals surface area contributed by atoms with Crippen molar-refractivity contribution in [2.24, 2.45) is 5.92 Å². The Balaban J connectivity index is 1.90. The molecule has 0 spiro atoms. The summed E-state index contributed by atoms with van der Waals surface area (Å²) in [5.41, 5.74) is 0. The van der Waals surface area contributed by atoms with Gasteiger partial charge in [-0.15, -0.1) is 0 Å². The van der Waals surface area contributed by atoms with Gasteiger partial charge in [-0.25, -0.2) is 0 Å². The van der Waals surface area contributed by atoms with Crippen molar-refractivity contribution in [3.8, 4) is 0 Å². The number of morpholine rings is 1. The molecular weight excluding hydrogens is 150 g/mol. The summed E-state index contributed by atoms with van der Waals surface area (Å²) < 4.78 is 5.75. The van der Waals surface area contributed by atoms with Crippen molar-refractivity contribution in [1.82, 2.24) is 5.32 Å². The molecule has 1 saturated heterocycles. The van der Waals surface area contributed by atoms with Gasteiger partial charge in [-0.3, -0.25) is 0 Å². The Morgan fingerprint density at radius 2 is 2.33 bits per heavy atom. The fourth-order valence-corrected chi connectivity index (χ4v) is 2.45. The minimum absolute atomic E-state index is 0.525. The van der Waals surface area contributed by atoms with Crippen LogP contribution in [0.25, 0.3) is 0 Å². The highest BCUT2D eigenvalue weighted by molar-refractivity contribution is 4.87. The minimum Gasteiger partial charge on any atom is -0.375 e. The first kappa shape index (κ1) is 8.52. The lowest BCUT2D eigenvalue weighted by atomic mass is 9.82. The standard InChI is InChI=1S/C10H19NO/c1-2-8-3-4-9-10(7-8)12-6-5-11-9/h8-11H,2-7H2,1H3/t8?,9-,10+/m1/s1. The molecule has 1 heterocycles. The van der Waals surface area contributed by atoms with E-state index >= 15 is 0 Å². The zero-order chi connectivity index (χ0) is 8.39. The topological polar surface area (TPSA) is 21.3 Å². The highest BCUT2D eigenvalue weighted by Crippen LogP contribution is 2.29. The zero-order valence-corrected chi connectivity index (χ0v) is 7.88. The summed E-state index contributed by atoms with van der Waals surface area (Å²) in [4.78, 5) is 0. The molecule has 2 heteroatoms. The Morgan fingerprint density at radius 1 is 1.42 bits per heavy atom. The van der Waals surface area contributed by atoms with Crippen LogP contribution in [-0.4, -0.2) is 25.3 Å². The fourth-order valence-electron chi connectivity index (χ4n) is 2.45. The summed E-state index contributed by atoms with van der Waals surface area (Å²) in [6, 6.07) is 0.668. The Bertz CT molecular complexity index is 149. The van der Waals surface area contributed by atoms with E-state index in [1.165, 1.54) is 25.7 Å². The third-order valence-electron chi connectivity index (χ3n) is 3.32. The van der Waals surface area contributed by atoms with Gasteiger partial charge in [0.1, 0.15) is 0 Å². The average molecular weight is 169 g/mol. The monoisotopic (exact) mass is 169 g/mol. The summed E-state index contributed by atoms with van der Waals surface area (Å²) in [6.45, 7) is 4.26. The lowest BCUT2D eigenvalue weighted by Gasteiger charge is -2.39. The van der Waals surface area contributed by atoms with Crippen LogP contribution in [0.4, 0.5) is 0 Å². The predicted molar refractivity (Wildman–Crippen MR) is 49.2 cm³/mol. The Morgan fingerprint density at radius 3 is 3.17 bits per heavy atom. The molecule has 1 aliphatic heterocycles. The molecule has 2 fully saturated rings. The number of hydrogen-bond acceptors (Lipinski definition) is 2. The van der Waals surface area contributed by atoms with Crippen LogP contribution >= 0.6 is 0 Å². The quantitative estimate of drug-likeness (QED) is 0.643. The maximum absolute atomic E-state index is 5.75. The van der Waals surface area contributed by atoms with Gasteiger partial charge >= 0.3 is 0 Å². The van der Waals surface area contributed by atoms with Crippen molar-refractivity contribution in [3.05, 3.63) is 0 Å². The molecule has 0 amide bonds. The molecule has 70 valence electrons. The van der Waals surface area contributed by atoms with Gasteiger partial charge in [0, 0.05) is 12.6 Å². The number of rotatable bonds is 1. The highest BCUT2D eigenvalue weighted by Gasteiger charge is 2.31. The molecule has 0 bridgehead atoms. The van der Waals surface area contributed by atoms with Gasteiger partial charge in [-0.2, -0.15) is 0 Å². The molecule has 3 atom stereocenters. The van der Waals surface area contributed by atoms with E-state index in [0.717, 1.165) is 19.1 Å². The molecule has 0 radical (unpaired) electrons. The number of hydrogen-bond donors (Lipinski definition) is 1. The molecular formula is C10H19NO. The van der Waals surface area contributed by atoms with E-state index in [4.69, 9.17) is 4.74 Å². The molecule has 0 aromatic heterocycles. The second-order valence-corrected chi connectivity index (χ2v) is 4.06. The van der Waals surface area contributed by atoms with Crippen LogP contribution in [0.15, 0.2) is 0 Å². The molecule has 2 rings (SSSR count). The van der Waals surface area contributed by atoms with Crippen LogP contribution < -0.4 is 5.32 Å².